The number of anilines is 3. The smallest absolute Gasteiger partial charge is 0.0541 e. The van der Waals surface area contributed by atoms with E-state index in [1.165, 1.54) is 91.8 Å². The summed E-state index contributed by atoms with van der Waals surface area (Å²) in [4.78, 5) is 2.37. The first-order valence-electron chi connectivity index (χ1n) is 20.8. The highest BCUT2D eigenvalue weighted by atomic mass is 32.1. The van der Waals surface area contributed by atoms with Crippen molar-refractivity contribution in [3.63, 3.8) is 0 Å². The largest absolute Gasteiger partial charge is 0.311 e. The highest BCUT2D eigenvalue weighted by Gasteiger charge is 2.18. The molecule has 0 unspecified atom stereocenters. The Kier molecular flexibility index (Phi) is 8.39. The Labute approximate surface area is 358 Å². The van der Waals surface area contributed by atoms with Crippen LogP contribution in [0.1, 0.15) is 0 Å². The van der Waals surface area contributed by atoms with Gasteiger partial charge in [0.1, 0.15) is 0 Å². The first-order valence-corrected chi connectivity index (χ1v) is 21.6. The molecule has 0 spiro atoms. The van der Waals surface area contributed by atoms with Gasteiger partial charge in [-0.05, 0) is 118 Å². The first-order chi connectivity index (χ1) is 30.2. The molecule has 0 atom stereocenters. The fourth-order valence-electron chi connectivity index (χ4n) is 9.27. The summed E-state index contributed by atoms with van der Waals surface area (Å²) >= 11 is 1.89. The van der Waals surface area contributed by atoms with E-state index in [-0.39, 0.29) is 0 Å². The van der Waals surface area contributed by atoms with Gasteiger partial charge >= 0.3 is 0 Å². The number of aromatic nitrogens is 1. The molecule has 0 radical (unpaired) electrons. The Hall–Kier alpha value is -7.72. The molecule has 0 N–H and O–H groups in total. The standard InChI is InChI=1S/C58H38N2S/c1-3-13-39(14-4-1)40-23-30-45(31-24-40)59(47-34-27-42(28-35-47)52-38-54-50-19-10-12-22-57(50)61-58(54)51-20-8-7-17-48(51)52)46-32-25-41(26-33-46)43-29-36-56-53(37-43)49-18-9-11-21-55(49)60(56)44-15-5-2-6-16-44/h1-38H. The molecule has 0 saturated heterocycles. The molecular weight excluding hydrogens is 757 g/mol. The second-order valence-electron chi connectivity index (χ2n) is 15.7. The van der Waals surface area contributed by atoms with Gasteiger partial charge in [-0.2, -0.15) is 0 Å². The lowest BCUT2D eigenvalue weighted by atomic mass is 9.95. The average molecular weight is 795 g/mol. The second kappa shape index (κ2) is 14.5. The summed E-state index contributed by atoms with van der Waals surface area (Å²) in [6.07, 6.45) is 0. The number of hydrogen-bond donors (Lipinski definition) is 0. The van der Waals surface area contributed by atoms with Crippen LogP contribution in [0.15, 0.2) is 231 Å². The number of thiophene rings is 1. The third kappa shape index (κ3) is 6.01. The van der Waals surface area contributed by atoms with Crippen LogP contribution in [0.3, 0.4) is 0 Å². The number of nitrogens with zero attached hydrogens (tertiary/aromatic N) is 2. The summed E-state index contributed by atoms with van der Waals surface area (Å²) in [6, 6.07) is 84.0. The van der Waals surface area contributed by atoms with E-state index in [9.17, 15) is 0 Å². The third-order valence-corrected chi connectivity index (χ3v) is 13.4. The molecule has 0 bridgehead atoms. The van der Waals surface area contributed by atoms with Crippen molar-refractivity contribution in [1.29, 1.82) is 0 Å². The number of para-hydroxylation sites is 2. The van der Waals surface area contributed by atoms with Crippen LogP contribution in [0.5, 0.6) is 0 Å². The zero-order valence-corrected chi connectivity index (χ0v) is 34.1. The molecular formula is C58H38N2S. The molecule has 2 aromatic heterocycles. The van der Waals surface area contributed by atoms with Crippen LogP contribution in [0.25, 0.3) is 91.8 Å². The van der Waals surface area contributed by atoms with Gasteiger partial charge in [-0.3, -0.25) is 0 Å². The molecule has 3 heteroatoms. The van der Waals surface area contributed by atoms with Gasteiger partial charge in [-0.25, -0.2) is 0 Å². The predicted octanol–water partition coefficient (Wildman–Crippen LogP) is 16.8. The van der Waals surface area contributed by atoms with Gasteiger partial charge in [0.2, 0.25) is 0 Å². The fraction of sp³-hybridized carbons (Fsp3) is 0. The Morgan fingerprint density at radius 1 is 0.311 bits per heavy atom. The Balaban J connectivity index is 0.947. The van der Waals surface area contributed by atoms with E-state index in [2.05, 4.69) is 240 Å². The van der Waals surface area contributed by atoms with Crippen LogP contribution in [-0.2, 0) is 0 Å². The number of benzene rings is 10. The van der Waals surface area contributed by atoms with Gasteiger partial charge in [0, 0.05) is 59.1 Å². The lowest BCUT2D eigenvalue weighted by Crippen LogP contribution is -2.09. The maximum Gasteiger partial charge on any atom is 0.0541 e. The molecule has 0 amide bonds. The molecule has 0 fully saturated rings. The van der Waals surface area contributed by atoms with Gasteiger partial charge in [0.15, 0.2) is 0 Å². The summed E-state index contributed by atoms with van der Waals surface area (Å²) in [5, 5.41) is 7.73. The zero-order valence-electron chi connectivity index (χ0n) is 33.2. The van der Waals surface area contributed by atoms with Gasteiger partial charge in [-0.15, -0.1) is 11.3 Å². The van der Waals surface area contributed by atoms with E-state index in [1.54, 1.807) is 0 Å². The molecule has 0 saturated carbocycles. The lowest BCUT2D eigenvalue weighted by molar-refractivity contribution is 1.18. The summed E-state index contributed by atoms with van der Waals surface area (Å²) in [7, 11) is 0. The van der Waals surface area contributed by atoms with E-state index < -0.39 is 0 Å². The second-order valence-corrected chi connectivity index (χ2v) is 16.8. The van der Waals surface area contributed by atoms with Crippen molar-refractivity contribution in [3.05, 3.63) is 231 Å². The molecule has 0 aliphatic rings. The fourth-order valence-corrected chi connectivity index (χ4v) is 10.5. The minimum absolute atomic E-state index is 1.10. The van der Waals surface area contributed by atoms with Crippen molar-refractivity contribution in [2.75, 3.05) is 4.90 Å². The first kappa shape index (κ1) is 35.2. The number of fused-ring (bicyclic) bond motifs is 8. The minimum atomic E-state index is 1.10. The highest BCUT2D eigenvalue weighted by molar-refractivity contribution is 7.26. The van der Waals surface area contributed by atoms with Crippen LogP contribution >= 0.6 is 11.3 Å². The monoisotopic (exact) mass is 794 g/mol. The molecule has 10 aromatic carbocycles. The third-order valence-electron chi connectivity index (χ3n) is 12.2. The van der Waals surface area contributed by atoms with E-state index in [1.807, 2.05) is 11.3 Å². The van der Waals surface area contributed by atoms with Crippen molar-refractivity contribution < 1.29 is 0 Å². The summed E-state index contributed by atoms with van der Waals surface area (Å²) in [5.41, 5.74) is 14.1. The maximum absolute atomic E-state index is 2.40. The molecule has 61 heavy (non-hydrogen) atoms. The lowest BCUT2D eigenvalue weighted by Gasteiger charge is -2.26. The quantitative estimate of drug-likeness (QED) is 0.156. The summed E-state index contributed by atoms with van der Waals surface area (Å²) < 4.78 is 5.05. The van der Waals surface area contributed by atoms with Crippen molar-refractivity contribution >= 4 is 81.1 Å². The molecule has 0 aliphatic heterocycles. The Bertz CT molecular complexity index is 3550. The molecule has 0 aliphatic carbocycles. The Morgan fingerprint density at radius 3 is 1.49 bits per heavy atom. The highest BCUT2D eigenvalue weighted by Crippen LogP contribution is 2.44. The van der Waals surface area contributed by atoms with Crippen LogP contribution in [0.4, 0.5) is 17.1 Å². The van der Waals surface area contributed by atoms with E-state index in [0.29, 0.717) is 0 Å². The normalized spacial score (nSPS) is 11.6. The predicted molar refractivity (Wildman–Crippen MR) is 262 cm³/mol. The number of rotatable bonds is 7. The van der Waals surface area contributed by atoms with Crippen LogP contribution < -0.4 is 4.90 Å². The van der Waals surface area contributed by atoms with Gasteiger partial charge in [0.05, 0.1) is 11.0 Å². The maximum atomic E-state index is 2.40. The zero-order chi connectivity index (χ0) is 40.3. The van der Waals surface area contributed by atoms with Crippen molar-refractivity contribution in [2.24, 2.45) is 0 Å². The van der Waals surface area contributed by atoms with Crippen molar-refractivity contribution in [3.8, 4) is 39.1 Å². The molecule has 12 aromatic rings. The SMILES string of the molecule is c1ccc(-c2ccc(N(c3ccc(-c4ccc5c(c4)c4ccccc4n5-c4ccccc4)cc3)c3ccc(-c4cc5c6ccccc6sc5c5ccccc45)cc3)cc2)cc1. The molecule has 2 heterocycles. The molecule has 2 nitrogen and oxygen atoms in total. The van der Waals surface area contributed by atoms with Gasteiger partial charge in [0.25, 0.3) is 0 Å². The Morgan fingerprint density at radius 2 is 0.803 bits per heavy atom. The van der Waals surface area contributed by atoms with Crippen LogP contribution in [0, 0.1) is 0 Å². The summed E-state index contributed by atoms with van der Waals surface area (Å²) in [5.74, 6) is 0. The van der Waals surface area contributed by atoms with E-state index >= 15 is 0 Å². The van der Waals surface area contributed by atoms with E-state index in [4.69, 9.17) is 0 Å². The van der Waals surface area contributed by atoms with Crippen LogP contribution in [-0.4, -0.2) is 4.57 Å². The van der Waals surface area contributed by atoms with Crippen molar-refractivity contribution in [1.82, 2.24) is 4.57 Å². The van der Waals surface area contributed by atoms with Crippen molar-refractivity contribution in [2.45, 2.75) is 0 Å². The minimum Gasteiger partial charge on any atom is -0.311 e. The molecule has 12 rings (SSSR count). The van der Waals surface area contributed by atoms with Gasteiger partial charge in [-0.1, -0.05) is 152 Å². The summed E-state index contributed by atoms with van der Waals surface area (Å²) in [6.45, 7) is 0. The average Bonchev–Trinajstić information content (AvgIpc) is 3.88. The topological polar surface area (TPSA) is 8.17 Å². The molecule has 286 valence electrons. The van der Waals surface area contributed by atoms with E-state index in [0.717, 1.165) is 17.1 Å². The number of hydrogen-bond acceptors (Lipinski definition) is 2. The van der Waals surface area contributed by atoms with Gasteiger partial charge < -0.3 is 9.47 Å². The van der Waals surface area contributed by atoms with Crippen LogP contribution in [0.2, 0.25) is 0 Å².